The van der Waals surface area contributed by atoms with Gasteiger partial charge in [-0.25, -0.2) is 0 Å². The van der Waals surface area contributed by atoms with E-state index in [1.165, 1.54) is 48.8 Å². The maximum absolute atomic E-state index is 2.91. The average Bonchev–Trinajstić information content (AvgIpc) is 2.56. The lowest BCUT2D eigenvalue weighted by molar-refractivity contribution is 1.51. The second-order valence-corrected chi connectivity index (χ2v) is 7.25. The predicted molar refractivity (Wildman–Crippen MR) is 110 cm³/mol. The maximum atomic E-state index is 2.91. The molecule has 0 aromatic heterocycles. The second kappa shape index (κ2) is 5.72. The van der Waals surface area contributed by atoms with Gasteiger partial charge >= 0.3 is 0 Å². The molecular formula is C21H18P2. The first-order valence-corrected chi connectivity index (χ1v) is 8.87. The van der Waals surface area contributed by atoms with Crippen LogP contribution in [-0.2, 0) is 0 Å². The van der Waals surface area contributed by atoms with Crippen LogP contribution in [0.15, 0.2) is 66.7 Å². The Balaban J connectivity index is 2.19. The molecule has 0 fully saturated rings. The molecule has 0 saturated carbocycles. The second-order valence-electron chi connectivity index (χ2n) is 6.01. The summed E-state index contributed by atoms with van der Waals surface area (Å²) in [5.41, 5.74) is 3.92. The van der Waals surface area contributed by atoms with Crippen molar-refractivity contribution in [1.82, 2.24) is 0 Å². The predicted octanol–water partition coefficient (Wildman–Crippen LogP) is 4.97. The Hall–Kier alpha value is -1.74. The molecule has 4 rings (SSSR count). The lowest BCUT2D eigenvalue weighted by Gasteiger charge is -2.16. The van der Waals surface area contributed by atoms with Gasteiger partial charge < -0.3 is 0 Å². The fourth-order valence-corrected chi connectivity index (χ4v) is 4.10. The summed E-state index contributed by atoms with van der Waals surface area (Å²) in [4.78, 5) is 0. The first kappa shape index (κ1) is 14.8. The summed E-state index contributed by atoms with van der Waals surface area (Å²) < 4.78 is 0. The highest BCUT2D eigenvalue weighted by atomic mass is 31.0. The molecule has 0 aliphatic carbocycles. The van der Waals surface area contributed by atoms with Gasteiger partial charge in [-0.3, -0.25) is 0 Å². The zero-order valence-corrected chi connectivity index (χ0v) is 15.3. The molecule has 2 atom stereocenters. The van der Waals surface area contributed by atoms with Crippen LogP contribution in [0.1, 0.15) is 5.56 Å². The van der Waals surface area contributed by atoms with Gasteiger partial charge in [0.05, 0.1) is 0 Å². The molecule has 0 aliphatic heterocycles. The summed E-state index contributed by atoms with van der Waals surface area (Å²) in [6, 6.07) is 24.1. The molecular weight excluding hydrogens is 314 g/mol. The van der Waals surface area contributed by atoms with Gasteiger partial charge in [-0.15, -0.1) is 18.5 Å². The Morgan fingerprint density at radius 1 is 0.609 bits per heavy atom. The Morgan fingerprint density at radius 2 is 1.22 bits per heavy atom. The van der Waals surface area contributed by atoms with Crippen LogP contribution in [-0.4, -0.2) is 0 Å². The topological polar surface area (TPSA) is 0 Å². The highest BCUT2D eigenvalue weighted by molar-refractivity contribution is 7.29. The third-order valence-corrected chi connectivity index (χ3v) is 5.38. The van der Waals surface area contributed by atoms with E-state index in [9.17, 15) is 0 Å². The van der Waals surface area contributed by atoms with Crippen LogP contribution in [0.3, 0.4) is 0 Å². The molecule has 0 amide bonds. The fraction of sp³-hybridized carbons (Fsp3) is 0.0476. The average molecular weight is 332 g/mol. The van der Waals surface area contributed by atoms with Gasteiger partial charge in [0.1, 0.15) is 0 Å². The monoisotopic (exact) mass is 332 g/mol. The van der Waals surface area contributed by atoms with E-state index in [0.29, 0.717) is 0 Å². The molecule has 0 heterocycles. The van der Waals surface area contributed by atoms with Gasteiger partial charge in [0, 0.05) is 0 Å². The first-order chi connectivity index (χ1) is 11.1. The number of fused-ring (bicyclic) bond motifs is 2. The molecule has 23 heavy (non-hydrogen) atoms. The molecule has 0 saturated heterocycles. The van der Waals surface area contributed by atoms with Crippen molar-refractivity contribution >= 4 is 50.6 Å². The van der Waals surface area contributed by atoms with Crippen LogP contribution in [0, 0.1) is 6.92 Å². The van der Waals surface area contributed by atoms with E-state index in [-0.39, 0.29) is 0 Å². The molecule has 4 aromatic carbocycles. The third kappa shape index (κ3) is 2.47. The van der Waals surface area contributed by atoms with Crippen LogP contribution in [0.4, 0.5) is 0 Å². The van der Waals surface area contributed by atoms with Crippen molar-refractivity contribution in [3.63, 3.8) is 0 Å². The van der Waals surface area contributed by atoms with E-state index in [1.807, 2.05) is 0 Å². The minimum Gasteiger partial charge on any atom is -0.105 e. The van der Waals surface area contributed by atoms with Gasteiger partial charge in [0.2, 0.25) is 0 Å². The third-order valence-electron chi connectivity index (χ3n) is 4.42. The Morgan fingerprint density at radius 3 is 1.96 bits per heavy atom. The lowest BCUT2D eigenvalue weighted by Crippen LogP contribution is -2.05. The number of hydrogen-bond acceptors (Lipinski definition) is 0. The van der Waals surface area contributed by atoms with Crippen LogP contribution < -0.4 is 10.6 Å². The van der Waals surface area contributed by atoms with Crippen molar-refractivity contribution in [2.45, 2.75) is 6.92 Å². The molecule has 0 N–H and O–H groups in total. The minimum absolute atomic E-state index is 1.24. The molecule has 4 aromatic rings. The smallest absolute Gasteiger partial charge is 0.00212 e. The summed E-state index contributed by atoms with van der Waals surface area (Å²) >= 11 is 0. The van der Waals surface area contributed by atoms with Gasteiger partial charge in [-0.05, 0) is 50.2 Å². The normalized spacial score (nSPS) is 11.3. The largest absolute Gasteiger partial charge is 0.105 e. The molecule has 0 radical (unpaired) electrons. The van der Waals surface area contributed by atoms with Crippen LogP contribution in [0.25, 0.3) is 32.7 Å². The van der Waals surface area contributed by atoms with E-state index in [2.05, 4.69) is 92.1 Å². The van der Waals surface area contributed by atoms with Crippen LogP contribution >= 0.6 is 18.5 Å². The molecule has 2 unspecified atom stereocenters. The highest BCUT2D eigenvalue weighted by Gasteiger charge is 2.13. The van der Waals surface area contributed by atoms with Crippen molar-refractivity contribution in [3.05, 3.63) is 72.3 Å². The van der Waals surface area contributed by atoms with E-state index in [0.717, 1.165) is 0 Å². The maximum Gasteiger partial charge on any atom is -0.00212 e. The number of benzene rings is 4. The molecule has 0 spiro atoms. The minimum atomic E-state index is 1.24. The van der Waals surface area contributed by atoms with E-state index < -0.39 is 0 Å². The fourth-order valence-electron chi connectivity index (χ4n) is 3.31. The number of aryl methyl sites for hydroxylation is 1. The van der Waals surface area contributed by atoms with Gasteiger partial charge in [0.25, 0.3) is 0 Å². The van der Waals surface area contributed by atoms with Crippen molar-refractivity contribution in [2.24, 2.45) is 0 Å². The van der Waals surface area contributed by atoms with Gasteiger partial charge in [-0.1, -0.05) is 72.3 Å². The zero-order chi connectivity index (χ0) is 16.0. The van der Waals surface area contributed by atoms with Gasteiger partial charge in [-0.2, -0.15) is 0 Å². The SMILES string of the molecule is Cc1ccc2c(-c3c(P)ccc4ccccc34)c(P)ccc2c1. The summed E-state index contributed by atoms with van der Waals surface area (Å²) in [5, 5.41) is 7.66. The standard InChI is InChI=1S/C21H18P2/c1-13-6-9-17-15(12-13)8-11-19(23)21(17)20-16-5-3-2-4-14(16)7-10-18(20)22/h2-12H,22-23H2,1H3. The summed E-state index contributed by atoms with van der Waals surface area (Å²) in [5.74, 6) is 0. The van der Waals surface area contributed by atoms with Crippen LogP contribution in [0.5, 0.6) is 0 Å². The first-order valence-electron chi connectivity index (χ1n) is 7.71. The molecule has 0 aliphatic rings. The lowest BCUT2D eigenvalue weighted by atomic mass is 9.93. The highest BCUT2D eigenvalue weighted by Crippen LogP contribution is 2.33. The molecule has 0 bridgehead atoms. The summed E-state index contributed by atoms with van der Waals surface area (Å²) in [6.07, 6.45) is 0. The summed E-state index contributed by atoms with van der Waals surface area (Å²) in [7, 11) is 5.81. The van der Waals surface area contributed by atoms with Crippen molar-refractivity contribution in [3.8, 4) is 11.1 Å². The molecule has 112 valence electrons. The molecule has 2 heteroatoms. The molecule has 0 nitrogen and oxygen atoms in total. The zero-order valence-electron chi connectivity index (χ0n) is 13.0. The number of rotatable bonds is 1. The Bertz CT molecular complexity index is 1050. The van der Waals surface area contributed by atoms with E-state index in [4.69, 9.17) is 0 Å². The quantitative estimate of drug-likeness (QED) is 0.432. The summed E-state index contributed by atoms with van der Waals surface area (Å²) in [6.45, 7) is 2.15. The van der Waals surface area contributed by atoms with Crippen LogP contribution in [0.2, 0.25) is 0 Å². The van der Waals surface area contributed by atoms with E-state index >= 15 is 0 Å². The van der Waals surface area contributed by atoms with E-state index in [1.54, 1.807) is 0 Å². The number of hydrogen-bond donors (Lipinski definition) is 0. The van der Waals surface area contributed by atoms with Gasteiger partial charge in [0.15, 0.2) is 0 Å². The Kier molecular flexibility index (Phi) is 3.68. The van der Waals surface area contributed by atoms with Crippen molar-refractivity contribution < 1.29 is 0 Å². The van der Waals surface area contributed by atoms with Crippen molar-refractivity contribution in [2.75, 3.05) is 0 Å². The Labute approximate surface area is 141 Å². The van der Waals surface area contributed by atoms with Crippen molar-refractivity contribution in [1.29, 1.82) is 0 Å².